The lowest BCUT2D eigenvalue weighted by molar-refractivity contribution is -0.384. The summed E-state index contributed by atoms with van der Waals surface area (Å²) in [4.78, 5) is 10.2. The quantitative estimate of drug-likeness (QED) is 0.442. The molecule has 0 amide bonds. The first-order chi connectivity index (χ1) is 8.66. The summed E-state index contributed by atoms with van der Waals surface area (Å²) in [6, 6.07) is 5.68. The molecule has 1 saturated carbocycles. The molecule has 0 unspecified atom stereocenters. The maximum atomic E-state index is 10.6. The van der Waals surface area contributed by atoms with Gasteiger partial charge in [0, 0.05) is 30.4 Å². The van der Waals surface area contributed by atoms with Crippen LogP contribution >= 0.6 is 0 Å². The maximum absolute atomic E-state index is 10.6. The van der Waals surface area contributed by atoms with E-state index in [-0.39, 0.29) is 10.6 Å². The van der Waals surface area contributed by atoms with E-state index in [4.69, 9.17) is 0 Å². The summed E-state index contributed by atoms with van der Waals surface area (Å²) < 4.78 is 0. The van der Waals surface area contributed by atoms with Gasteiger partial charge >= 0.3 is 0 Å². The number of benzene rings is 1. The van der Waals surface area contributed by atoms with Crippen molar-refractivity contribution in [3.63, 3.8) is 0 Å². The van der Waals surface area contributed by atoms with Gasteiger partial charge in [-0.15, -0.1) is 0 Å². The highest BCUT2D eigenvalue weighted by Crippen LogP contribution is 2.21. The van der Waals surface area contributed by atoms with E-state index in [1.54, 1.807) is 12.1 Å². The predicted octanol–water partition coefficient (Wildman–Crippen LogP) is 2.46. The molecule has 0 aromatic heterocycles. The average molecular weight is 249 g/mol. The molecule has 0 bridgehead atoms. The SMILES string of the molecule is Cc1cc([N+](=O)[O-])ccc1NCCCNC1CC1. The zero-order chi connectivity index (χ0) is 13.0. The van der Waals surface area contributed by atoms with Crippen LogP contribution in [0, 0.1) is 17.0 Å². The Hall–Kier alpha value is -1.62. The molecule has 0 saturated heterocycles. The van der Waals surface area contributed by atoms with Gasteiger partial charge in [-0.25, -0.2) is 0 Å². The molecule has 0 spiro atoms. The lowest BCUT2D eigenvalue weighted by atomic mass is 10.2. The lowest BCUT2D eigenvalue weighted by Gasteiger charge is -2.09. The molecule has 18 heavy (non-hydrogen) atoms. The summed E-state index contributed by atoms with van der Waals surface area (Å²) in [6.45, 7) is 3.81. The van der Waals surface area contributed by atoms with E-state index in [0.29, 0.717) is 0 Å². The molecule has 0 heterocycles. The maximum Gasteiger partial charge on any atom is 0.269 e. The summed E-state index contributed by atoms with van der Waals surface area (Å²) in [5, 5.41) is 17.4. The highest BCUT2D eigenvalue weighted by molar-refractivity contribution is 5.55. The molecule has 98 valence electrons. The van der Waals surface area contributed by atoms with E-state index in [2.05, 4.69) is 10.6 Å². The van der Waals surface area contributed by atoms with E-state index in [0.717, 1.165) is 36.8 Å². The summed E-state index contributed by atoms with van der Waals surface area (Å²) in [6.07, 6.45) is 3.69. The van der Waals surface area contributed by atoms with Crippen molar-refractivity contribution in [2.24, 2.45) is 0 Å². The van der Waals surface area contributed by atoms with Gasteiger partial charge in [0.15, 0.2) is 0 Å². The van der Waals surface area contributed by atoms with Crippen molar-refractivity contribution in [3.8, 4) is 0 Å². The van der Waals surface area contributed by atoms with Crippen LogP contribution in [0.3, 0.4) is 0 Å². The zero-order valence-corrected chi connectivity index (χ0v) is 10.6. The number of nitrogens with one attached hydrogen (secondary N) is 2. The van der Waals surface area contributed by atoms with Crippen LogP contribution in [-0.2, 0) is 0 Å². The molecule has 2 rings (SSSR count). The third-order valence-electron chi connectivity index (χ3n) is 3.10. The topological polar surface area (TPSA) is 67.2 Å². The number of nitrogens with zero attached hydrogens (tertiary/aromatic N) is 1. The van der Waals surface area contributed by atoms with E-state index < -0.39 is 0 Å². The largest absolute Gasteiger partial charge is 0.385 e. The molecule has 1 aliphatic carbocycles. The normalized spacial score (nSPS) is 14.5. The fourth-order valence-corrected chi connectivity index (χ4v) is 1.86. The highest BCUT2D eigenvalue weighted by atomic mass is 16.6. The summed E-state index contributed by atoms with van der Waals surface area (Å²) in [5.74, 6) is 0. The monoisotopic (exact) mass is 249 g/mol. The fourth-order valence-electron chi connectivity index (χ4n) is 1.86. The van der Waals surface area contributed by atoms with Gasteiger partial charge < -0.3 is 10.6 Å². The smallest absolute Gasteiger partial charge is 0.269 e. The van der Waals surface area contributed by atoms with Gasteiger partial charge in [-0.05, 0) is 44.4 Å². The van der Waals surface area contributed by atoms with E-state index in [9.17, 15) is 10.1 Å². The Morgan fingerprint density at radius 2 is 2.17 bits per heavy atom. The minimum absolute atomic E-state index is 0.147. The Labute approximate surface area is 107 Å². The second-order valence-electron chi connectivity index (χ2n) is 4.77. The molecule has 2 N–H and O–H groups in total. The van der Waals surface area contributed by atoms with Crippen molar-refractivity contribution in [1.82, 2.24) is 5.32 Å². The lowest BCUT2D eigenvalue weighted by Crippen LogP contribution is -2.20. The van der Waals surface area contributed by atoms with E-state index in [1.807, 2.05) is 6.92 Å². The van der Waals surface area contributed by atoms with Crippen molar-refractivity contribution >= 4 is 11.4 Å². The van der Waals surface area contributed by atoms with Gasteiger partial charge in [-0.3, -0.25) is 10.1 Å². The number of aryl methyl sites for hydroxylation is 1. The first-order valence-corrected chi connectivity index (χ1v) is 6.39. The Kier molecular flexibility index (Phi) is 4.15. The molecule has 0 aliphatic heterocycles. The van der Waals surface area contributed by atoms with Crippen LogP contribution in [-0.4, -0.2) is 24.1 Å². The summed E-state index contributed by atoms with van der Waals surface area (Å²) in [5.41, 5.74) is 2.04. The Bertz CT molecular complexity index is 430. The van der Waals surface area contributed by atoms with E-state index in [1.165, 1.54) is 18.9 Å². The van der Waals surface area contributed by atoms with Crippen molar-refractivity contribution in [2.75, 3.05) is 18.4 Å². The van der Waals surface area contributed by atoms with Gasteiger partial charge in [0.05, 0.1) is 4.92 Å². The Morgan fingerprint density at radius 1 is 1.39 bits per heavy atom. The number of nitro benzene ring substituents is 1. The van der Waals surface area contributed by atoms with Gasteiger partial charge in [0.1, 0.15) is 0 Å². The fraction of sp³-hybridized carbons (Fsp3) is 0.538. The number of non-ortho nitro benzene ring substituents is 1. The third-order valence-corrected chi connectivity index (χ3v) is 3.10. The highest BCUT2D eigenvalue weighted by Gasteiger charge is 2.19. The van der Waals surface area contributed by atoms with Crippen LogP contribution < -0.4 is 10.6 Å². The molecule has 1 fully saturated rings. The molecular weight excluding hydrogens is 230 g/mol. The second kappa shape index (κ2) is 5.82. The van der Waals surface area contributed by atoms with Crippen LogP contribution in [0.2, 0.25) is 0 Å². The van der Waals surface area contributed by atoms with Gasteiger partial charge in [-0.2, -0.15) is 0 Å². The summed E-state index contributed by atoms with van der Waals surface area (Å²) in [7, 11) is 0. The molecule has 1 aromatic rings. The number of anilines is 1. The summed E-state index contributed by atoms with van der Waals surface area (Å²) >= 11 is 0. The molecule has 1 aliphatic rings. The van der Waals surface area contributed by atoms with Crippen LogP contribution in [0.1, 0.15) is 24.8 Å². The van der Waals surface area contributed by atoms with Crippen molar-refractivity contribution in [3.05, 3.63) is 33.9 Å². The number of hydrogen-bond donors (Lipinski definition) is 2. The first-order valence-electron chi connectivity index (χ1n) is 6.39. The van der Waals surface area contributed by atoms with Crippen LogP contribution in [0.15, 0.2) is 18.2 Å². The van der Waals surface area contributed by atoms with Crippen molar-refractivity contribution in [1.29, 1.82) is 0 Å². The minimum Gasteiger partial charge on any atom is -0.385 e. The average Bonchev–Trinajstić information content (AvgIpc) is 3.14. The van der Waals surface area contributed by atoms with Gasteiger partial charge in [0.2, 0.25) is 0 Å². The number of rotatable bonds is 7. The minimum atomic E-state index is -0.365. The number of nitro groups is 1. The van der Waals surface area contributed by atoms with Gasteiger partial charge in [-0.1, -0.05) is 0 Å². The second-order valence-corrected chi connectivity index (χ2v) is 4.77. The molecule has 0 radical (unpaired) electrons. The van der Waals surface area contributed by atoms with Crippen molar-refractivity contribution in [2.45, 2.75) is 32.2 Å². The zero-order valence-electron chi connectivity index (χ0n) is 10.6. The third kappa shape index (κ3) is 3.70. The van der Waals surface area contributed by atoms with Crippen molar-refractivity contribution < 1.29 is 4.92 Å². The molecule has 0 atom stereocenters. The Balaban J connectivity index is 1.75. The predicted molar refractivity (Wildman–Crippen MR) is 72.0 cm³/mol. The Morgan fingerprint density at radius 3 is 2.78 bits per heavy atom. The van der Waals surface area contributed by atoms with E-state index >= 15 is 0 Å². The van der Waals surface area contributed by atoms with Crippen LogP contribution in [0.25, 0.3) is 0 Å². The molecule has 5 heteroatoms. The van der Waals surface area contributed by atoms with Crippen LogP contribution in [0.5, 0.6) is 0 Å². The standard InChI is InChI=1S/C13H19N3O2/c1-10-9-12(16(17)18)5-6-13(10)15-8-2-7-14-11-3-4-11/h5-6,9,11,14-15H,2-4,7-8H2,1H3. The molecular formula is C13H19N3O2. The first kappa shape index (κ1) is 12.8. The number of hydrogen-bond acceptors (Lipinski definition) is 4. The van der Waals surface area contributed by atoms with Gasteiger partial charge in [0.25, 0.3) is 5.69 Å². The van der Waals surface area contributed by atoms with Crippen LogP contribution in [0.4, 0.5) is 11.4 Å². The molecule has 5 nitrogen and oxygen atoms in total. The molecule has 1 aromatic carbocycles.